The summed E-state index contributed by atoms with van der Waals surface area (Å²) in [6, 6.07) is 6.28. The van der Waals surface area contributed by atoms with Gasteiger partial charge in [-0.1, -0.05) is 0 Å². The number of phenols is 2. The molecule has 8 heteroatoms. The first-order chi connectivity index (χ1) is 10.8. The van der Waals surface area contributed by atoms with Gasteiger partial charge in [-0.2, -0.15) is 0 Å². The summed E-state index contributed by atoms with van der Waals surface area (Å²) in [7, 11) is 0. The molecule has 2 N–H and O–H groups in total. The van der Waals surface area contributed by atoms with Crippen LogP contribution in [0.2, 0.25) is 0 Å². The van der Waals surface area contributed by atoms with E-state index >= 15 is 0 Å². The molecule has 2 aliphatic heterocycles. The molecule has 0 fully saturated rings. The van der Waals surface area contributed by atoms with Crippen LogP contribution in [0.5, 0.6) is 34.5 Å². The molecule has 0 bridgehead atoms. The van der Waals surface area contributed by atoms with Crippen LogP contribution >= 0.6 is 0 Å². The van der Waals surface area contributed by atoms with E-state index in [9.17, 15) is 10.2 Å². The Morgan fingerprint density at radius 3 is 1.38 bits per heavy atom. The van der Waals surface area contributed by atoms with E-state index in [1.165, 1.54) is 12.1 Å². The number of hydrogen-bond acceptors (Lipinski definition) is 6. The normalized spacial score (nSPS) is 14.2. The van der Waals surface area contributed by atoms with E-state index in [4.69, 9.17) is 18.9 Å². The van der Waals surface area contributed by atoms with E-state index in [2.05, 4.69) is 0 Å². The smallest absolute Gasteiger partial charge is 0.173 e. The molecule has 0 unspecified atom stereocenters. The number of phenolic OH excluding ortho intramolecular Hbond substituents is 2. The largest absolute Gasteiger partial charge is 0.507 e. The molecule has 0 radical (unpaired) electrons. The molecule has 134 valence electrons. The molecule has 2 aliphatic rings. The molecule has 4 rings (SSSR count). The average molecular weight is 692 g/mol. The van der Waals surface area contributed by atoms with Crippen molar-refractivity contribution in [3.63, 3.8) is 0 Å². The Bertz CT molecular complexity index is 686. The molecule has 0 saturated carbocycles. The predicted molar refractivity (Wildman–Crippen MR) is 77.2 cm³/mol. The van der Waals surface area contributed by atoms with Gasteiger partial charge in [-0.25, -0.2) is 0 Å². The summed E-state index contributed by atoms with van der Waals surface area (Å²) in [6.07, 6.45) is 0. The van der Waals surface area contributed by atoms with Crippen molar-refractivity contribution in [1.82, 2.24) is 0 Å². The van der Waals surface area contributed by atoms with Gasteiger partial charge in [-0.3, -0.25) is 0 Å². The summed E-state index contributed by atoms with van der Waals surface area (Å²) in [4.78, 5) is 0. The first kappa shape index (κ1) is 18.9. The van der Waals surface area contributed by atoms with Gasteiger partial charge in [0.1, 0.15) is 37.9 Å². The van der Waals surface area contributed by atoms with E-state index in [0.29, 0.717) is 60.6 Å². The van der Waals surface area contributed by atoms with Gasteiger partial charge in [0, 0.05) is 42.1 Å². The van der Waals surface area contributed by atoms with Crippen LogP contribution < -0.4 is 18.9 Å². The second kappa shape index (κ2) is 7.67. The minimum absolute atomic E-state index is 0. The van der Waals surface area contributed by atoms with Crippen LogP contribution in [-0.4, -0.2) is 36.6 Å². The number of aromatic hydroxyl groups is 2. The third kappa shape index (κ3) is 3.10. The number of rotatable bonds is 1. The maximum Gasteiger partial charge on any atom is 0.173 e. The first-order valence-corrected chi connectivity index (χ1v) is 6.99. The zero-order valence-electron chi connectivity index (χ0n) is 12.3. The monoisotopic (exact) mass is 692 g/mol. The van der Waals surface area contributed by atoms with Crippen molar-refractivity contribution in [3.05, 3.63) is 24.3 Å². The Morgan fingerprint density at radius 2 is 0.958 bits per heavy atom. The fourth-order valence-corrected chi connectivity index (χ4v) is 2.69. The standard InChI is InChI=1S/C16H14O6.2Pt/c17-9-1-3-11-15(21-7-5-19-11)13(9)14-10(18)2-4-12-16(14)22-8-6-20-12;;/h1-4,17-18H,5-8H2;;. The van der Waals surface area contributed by atoms with E-state index in [1.54, 1.807) is 12.1 Å². The fourth-order valence-electron chi connectivity index (χ4n) is 2.69. The van der Waals surface area contributed by atoms with Crippen molar-refractivity contribution in [3.8, 4) is 45.6 Å². The van der Waals surface area contributed by atoms with Crippen LogP contribution in [0.3, 0.4) is 0 Å². The summed E-state index contributed by atoms with van der Waals surface area (Å²) in [5.41, 5.74) is 0.689. The van der Waals surface area contributed by atoms with Crippen molar-refractivity contribution in [1.29, 1.82) is 0 Å². The molecule has 2 aromatic carbocycles. The Morgan fingerprint density at radius 1 is 0.583 bits per heavy atom. The molecule has 0 amide bonds. The van der Waals surface area contributed by atoms with Crippen molar-refractivity contribution >= 4 is 0 Å². The van der Waals surface area contributed by atoms with Crippen LogP contribution in [-0.2, 0) is 42.1 Å². The van der Waals surface area contributed by atoms with Crippen LogP contribution in [0.4, 0.5) is 0 Å². The number of benzene rings is 2. The van der Waals surface area contributed by atoms with Crippen molar-refractivity contribution in [2.24, 2.45) is 0 Å². The SMILES string of the molecule is Oc1ccc2c(c1-c1c(O)ccc3c1OCCO3)OCCO2.[Pt].[Pt]. The zero-order chi connectivity index (χ0) is 15.1. The van der Waals surface area contributed by atoms with Gasteiger partial charge in [-0.15, -0.1) is 0 Å². The van der Waals surface area contributed by atoms with Gasteiger partial charge < -0.3 is 29.2 Å². The quantitative estimate of drug-likeness (QED) is 0.479. The molecule has 2 heterocycles. The van der Waals surface area contributed by atoms with Crippen molar-refractivity contribution in [2.45, 2.75) is 0 Å². The minimum atomic E-state index is -0.0258. The maximum atomic E-state index is 10.3. The number of ether oxygens (including phenoxy) is 4. The predicted octanol–water partition coefficient (Wildman–Crippen LogP) is 2.30. The molecule has 0 aliphatic carbocycles. The topological polar surface area (TPSA) is 77.4 Å². The van der Waals surface area contributed by atoms with Gasteiger partial charge in [0.05, 0.1) is 11.1 Å². The third-order valence-electron chi connectivity index (χ3n) is 3.62. The van der Waals surface area contributed by atoms with E-state index in [0.717, 1.165) is 0 Å². The fraction of sp³-hybridized carbons (Fsp3) is 0.250. The van der Waals surface area contributed by atoms with Gasteiger partial charge >= 0.3 is 0 Å². The number of fused-ring (bicyclic) bond motifs is 2. The Hall–Kier alpha value is -1.38. The number of hydrogen-bond donors (Lipinski definition) is 2. The molecule has 0 atom stereocenters. The van der Waals surface area contributed by atoms with Gasteiger partial charge in [-0.05, 0) is 24.3 Å². The molecule has 0 aromatic heterocycles. The van der Waals surface area contributed by atoms with Crippen LogP contribution in [0.15, 0.2) is 24.3 Å². The Balaban J connectivity index is 0.00000104. The molecular formula is C16H14O6Pt2. The van der Waals surface area contributed by atoms with Gasteiger partial charge in [0.15, 0.2) is 23.0 Å². The second-order valence-electron chi connectivity index (χ2n) is 4.97. The minimum Gasteiger partial charge on any atom is -0.507 e. The van der Waals surface area contributed by atoms with E-state index < -0.39 is 0 Å². The van der Waals surface area contributed by atoms with Gasteiger partial charge in [0.2, 0.25) is 0 Å². The molecular weight excluding hydrogens is 678 g/mol. The maximum absolute atomic E-state index is 10.3. The summed E-state index contributed by atoms with van der Waals surface area (Å²) in [5.74, 6) is 1.78. The van der Waals surface area contributed by atoms with Crippen LogP contribution in [0.25, 0.3) is 11.1 Å². The third-order valence-corrected chi connectivity index (χ3v) is 3.62. The summed E-state index contributed by atoms with van der Waals surface area (Å²) >= 11 is 0. The first-order valence-electron chi connectivity index (χ1n) is 6.99. The van der Waals surface area contributed by atoms with Crippen LogP contribution in [0.1, 0.15) is 0 Å². The summed E-state index contributed by atoms with van der Waals surface area (Å²) in [6.45, 7) is 1.62. The zero-order valence-corrected chi connectivity index (χ0v) is 16.8. The second-order valence-corrected chi connectivity index (χ2v) is 4.97. The van der Waals surface area contributed by atoms with Gasteiger partial charge in [0.25, 0.3) is 0 Å². The average Bonchev–Trinajstić information content (AvgIpc) is 2.56. The van der Waals surface area contributed by atoms with Crippen molar-refractivity contribution in [2.75, 3.05) is 26.4 Å². The van der Waals surface area contributed by atoms with E-state index in [1.807, 2.05) is 0 Å². The summed E-state index contributed by atoms with van der Waals surface area (Å²) in [5, 5.41) is 20.6. The summed E-state index contributed by atoms with van der Waals surface area (Å²) < 4.78 is 22.4. The Kier molecular flexibility index (Phi) is 6.05. The molecule has 2 aromatic rings. The molecule has 0 saturated heterocycles. The molecule has 6 nitrogen and oxygen atoms in total. The van der Waals surface area contributed by atoms with Crippen LogP contribution in [0, 0.1) is 0 Å². The Labute approximate surface area is 167 Å². The molecule has 0 spiro atoms. The van der Waals surface area contributed by atoms with E-state index in [-0.39, 0.29) is 53.6 Å². The van der Waals surface area contributed by atoms with Crippen molar-refractivity contribution < 1.29 is 71.3 Å². The molecule has 24 heavy (non-hydrogen) atoms.